The third-order valence-corrected chi connectivity index (χ3v) is 4.24. The molecule has 10 heteroatoms. The Morgan fingerprint density at radius 2 is 2.00 bits per heavy atom. The average Bonchev–Trinajstić information content (AvgIpc) is 2.68. The predicted octanol–water partition coefficient (Wildman–Crippen LogP) is 3.20. The maximum Gasteiger partial charge on any atom is 0.283 e. The first-order chi connectivity index (χ1) is 13.3. The molecule has 0 aliphatic carbocycles. The van der Waals surface area contributed by atoms with Gasteiger partial charge in [0.05, 0.1) is 17.4 Å². The maximum atomic E-state index is 14.5. The summed E-state index contributed by atoms with van der Waals surface area (Å²) in [6, 6.07) is 3.02. The molecule has 1 aromatic carbocycles. The SMILES string of the molecule is NC1=N[C@](CF)(c2cc(C#Cc3ncc(Cl)cn3)ccc2F)C[C@@H](C(F)F)O1. The van der Waals surface area contributed by atoms with Crippen molar-refractivity contribution in [2.24, 2.45) is 10.7 Å². The van der Waals surface area contributed by atoms with Gasteiger partial charge in [0.2, 0.25) is 5.82 Å². The van der Waals surface area contributed by atoms with Crippen LogP contribution < -0.4 is 5.73 Å². The van der Waals surface area contributed by atoms with Crippen LogP contribution in [0.4, 0.5) is 17.6 Å². The Morgan fingerprint density at radius 1 is 1.29 bits per heavy atom. The zero-order valence-corrected chi connectivity index (χ0v) is 14.9. The van der Waals surface area contributed by atoms with Crippen LogP contribution in [0.15, 0.2) is 35.6 Å². The topological polar surface area (TPSA) is 73.4 Å². The van der Waals surface area contributed by atoms with Crippen molar-refractivity contribution in [3.63, 3.8) is 0 Å². The lowest BCUT2D eigenvalue weighted by Crippen LogP contribution is -2.45. The van der Waals surface area contributed by atoms with Gasteiger partial charge < -0.3 is 10.5 Å². The first kappa shape index (κ1) is 19.9. The molecule has 0 bridgehead atoms. The van der Waals surface area contributed by atoms with E-state index in [0.717, 1.165) is 6.07 Å². The highest BCUT2D eigenvalue weighted by Gasteiger charge is 2.44. The summed E-state index contributed by atoms with van der Waals surface area (Å²) in [5, 5.41) is 0.336. The van der Waals surface area contributed by atoms with Crippen LogP contribution >= 0.6 is 11.6 Å². The molecule has 2 atom stereocenters. The second-order valence-corrected chi connectivity index (χ2v) is 6.42. The Kier molecular flexibility index (Phi) is 5.70. The lowest BCUT2D eigenvalue weighted by Gasteiger charge is -2.35. The quantitative estimate of drug-likeness (QED) is 0.620. The molecule has 1 aliphatic rings. The molecular weight excluding hydrogens is 400 g/mol. The largest absolute Gasteiger partial charge is 0.456 e. The van der Waals surface area contributed by atoms with Crippen molar-refractivity contribution in [2.45, 2.75) is 24.5 Å². The molecule has 5 nitrogen and oxygen atoms in total. The molecule has 28 heavy (non-hydrogen) atoms. The Hall–Kier alpha value is -2.86. The van der Waals surface area contributed by atoms with Crippen LogP contribution in [0.2, 0.25) is 5.02 Å². The molecule has 1 aliphatic heterocycles. The van der Waals surface area contributed by atoms with Gasteiger partial charge >= 0.3 is 0 Å². The van der Waals surface area contributed by atoms with Crippen molar-refractivity contribution < 1.29 is 22.3 Å². The molecule has 1 aromatic heterocycles. The molecule has 0 saturated heterocycles. The summed E-state index contributed by atoms with van der Waals surface area (Å²) in [4.78, 5) is 11.6. The molecule has 0 radical (unpaired) electrons. The van der Waals surface area contributed by atoms with Crippen LogP contribution in [0, 0.1) is 17.7 Å². The van der Waals surface area contributed by atoms with Gasteiger partial charge in [-0.15, -0.1) is 0 Å². The minimum Gasteiger partial charge on any atom is -0.456 e. The van der Waals surface area contributed by atoms with E-state index in [2.05, 4.69) is 26.8 Å². The van der Waals surface area contributed by atoms with Crippen molar-refractivity contribution >= 4 is 17.6 Å². The molecular formula is C18H13ClF4N4O. The van der Waals surface area contributed by atoms with E-state index in [9.17, 15) is 17.6 Å². The average molecular weight is 413 g/mol. The van der Waals surface area contributed by atoms with Crippen molar-refractivity contribution in [2.75, 3.05) is 6.67 Å². The molecule has 0 amide bonds. The highest BCUT2D eigenvalue weighted by Crippen LogP contribution is 2.38. The lowest BCUT2D eigenvalue weighted by atomic mass is 9.84. The first-order valence-corrected chi connectivity index (χ1v) is 8.36. The first-order valence-electron chi connectivity index (χ1n) is 7.99. The standard InChI is InChI=1S/C18H13ClF4N4O/c19-11-7-25-15(26-8-11)4-2-10-1-3-13(21)12(5-10)18(9-20)6-14(16(22)23)28-17(24)27-18/h1,3,5,7-8,14,16H,6,9H2,(H2,24,27)/t14-,18+/m0/s1. The molecule has 2 heterocycles. The fourth-order valence-electron chi connectivity index (χ4n) is 2.74. The summed E-state index contributed by atoms with van der Waals surface area (Å²) in [5.74, 6) is 4.71. The van der Waals surface area contributed by atoms with Crippen LogP contribution in [0.1, 0.15) is 23.4 Å². The molecule has 0 unspecified atom stereocenters. The number of aliphatic imine (C=N–C) groups is 1. The summed E-state index contributed by atoms with van der Waals surface area (Å²) in [7, 11) is 0. The van der Waals surface area contributed by atoms with E-state index < -0.39 is 43.0 Å². The predicted molar refractivity (Wildman–Crippen MR) is 94.2 cm³/mol. The summed E-state index contributed by atoms with van der Waals surface area (Å²) < 4.78 is 59.3. The van der Waals surface area contributed by atoms with E-state index in [1.807, 2.05) is 0 Å². The summed E-state index contributed by atoms with van der Waals surface area (Å²) in [5.41, 5.74) is 3.56. The van der Waals surface area contributed by atoms with E-state index >= 15 is 0 Å². The van der Waals surface area contributed by atoms with Crippen molar-refractivity contribution in [3.05, 3.63) is 58.4 Å². The van der Waals surface area contributed by atoms with Gasteiger partial charge in [-0.25, -0.2) is 32.5 Å². The minimum atomic E-state index is -2.94. The fourth-order valence-corrected chi connectivity index (χ4v) is 2.84. The van der Waals surface area contributed by atoms with Crippen LogP contribution in [0.3, 0.4) is 0 Å². The van der Waals surface area contributed by atoms with Crippen LogP contribution in [-0.2, 0) is 10.3 Å². The van der Waals surface area contributed by atoms with E-state index in [-0.39, 0.29) is 17.0 Å². The number of hydrogen-bond acceptors (Lipinski definition) is 5. The third-order valence-electron chi connectivity index (χ3n) is 4.04. The maximum absolute atomic E-state index is 14.5. The number of benzene rings is 1. The van der Waals surface area contributed by atoms with Crippen molar-refractivity contribution in [1.82, 2.24) is 9.97 Å². The fraction of sp³-hybridized carbons (Fsp3) is 0.278. The molecule has 3 rings (SSSR count). The number of amidine groups is 1. The Morgan fingerprint density at radius 3 is 2.64 bits per heavy atom. The number of halogens is 5. The van der Waals surface area contributed by atoms with E-state index in [1.165, 1.54) is 24.5 Å². The second kappa shape index (κ2) is 8.02. The minimum absolute atomic E-state index is 0.168. The Balaban J connectivity index is 2.00. The van der Waals surface area contributed by atoms with Gasteiger partial charge in [0.25, 0.3) is 12.4 Å². The van der Waals surface area contributed by atoms with Crippen LogP contribution in [0.25, 0.3) is 0 Å². The number of aromatic nitrogens is 2. The van der Waals surface area contributed by atoms with Gasteiger partial charge in [0, 0.05) is 17.5 Å². The molecule has 0 fully saturated rings. The van der Waals surface area contributed by atoms with Crippen molar-refractivity contribution in [1.29, 1.82) is 0 Å². The molecule has 2 N–H and O–H groups in total. The molecule has 2 aromatic rings. The van der Waals surface area contributed by atoms with Gasteiger partial charge in [0.1, 0.15) is 18.0 Å². The molecule has 0 spiro atoms. The number of alkyl halides is 3. The molecule has 0 saturated carbocycles. The smallest absolute Gasteiger partial charge is 0.283 e. The molecule has 146 valence electrons. The zero-order valence-electron chi connectivity index (χ0n) is 14.2. The number of rotatable bonds is 3. The van der Waals surface area contributed by atoms with Crippen LogP contribution in [-0.4, -0.2) is 35.2 Å². The van der Waals surface area contributed by atoms with Crippen molar-refractivity contribution in [3.8, 4) is 11.8 Å². The number of nitrogens with zero attached hydrogens (tertiary/aromatic N) is 3. The van der Waals surface area contributed by atoms with Gasteiger partial charge in [-0.1, -0.05) is 17.5 Å². The third kappa shape index (κ3) is 4.17. The summed E-state index contributed by atoms with van der Waals surface area (Å²) in [6.45, 7) is -1.24. The lowest BCUT2D eigenvalue weighted by molar-refractivity contribution is -0.0281. The van der Waals surface area contributed by atoms with E-state index in [0.29, 0.717) is 5.02 Å². The number of nitrogens with two attached hydrogens (primary N) is 1. The Labute approximate surface area is 162 Å². The highest BCUT2D eigenvalue weighted by atomic mass is 35.5. The summed E-state index contributed by atoms with van der Waals surface area (Å²) >= 11 is 5.69. The Bertz CT molecular complexity index is 958. The van der Waals surface area contributed by atoms with Gasteiger partial charge in [-0.2, -0.15) is 0 Å². The van der Waals surface area contributed by atoms with Crippen LogP contribution in [0.5, 0.6) is 0 Å². The summed E-state index contributed by atoms with van der Waals surface area (Å²) in [6.07, 6.45) is -2.50. The van der Waals surface area contributed by atoms with E-state index in [4.69, 9.17) is 22.1 Å². The number of hydrogen-bond donors (Lipinski definition) is 1. The van der Waals surface area contributed by atoms with Gasteiger partial charge in [0.15, 0.2) is 6.10 Å². The van der Waals surface area contributed by atoms with Gasteiger partial charge in [-0.05, 0) is 24.1 Å². The van der Waals surface area contributed by atoms with Gasteiger partial charge in [-0.3, -0.25) is 0 Å². The normalized spacial score (nSPS) is 21.5. The zero-order chi connectivity index (χ0) is 20.3. The highest BCUT2D eigenvalue weighted by molar-refractivity contribution is 6.30. The van der Waals surface area contributed by atoms with E-state index in [1.54, 1.807) is 0 Å². The number of ether oxygens (including phenoxy) is 1. The second-order valence-electron chi connectivity index (χ2n) is 5.98. The monoisotopic (exact) mass is 412 g/mol.